The Kier molecular flexibility index (Phi) is 2.76. The molecule has 1 amide bonds. The first-order chi connectivity index (χ1) is 6.27. The van der Waals surface area contributed by atoms with E-state index in [1.54, 1.807) is 0 Å². The molecule has 14 heavy (non-hydrogen) atoms. The fraction of sp³-hybridized carbons (Fsp3) is 0.900. The quantitative estimate of drug-likeness (QED) is 0.673. The molecule has 1 aliphatic carbocycles. The Hall–Kier alpha value is -0.770. The fourth-order valence-corrected chi connectivity index (χ4v) is 2.10. The number of hydrogen-bond donors (Lipinski definition) is 2. The van der Waals surface area contributed by atoms with Gasteiger partial charge >= 0.3 is 6.09 Å². The summed E-state index contributed by atoms with van der Waals surface area (Å²) in [6.07, 6.45) is 0.701. The molecular weight excluding hydrogens is 182 g/mol. The van der Waals surface area contributed by atoms with Crippen LogP contribution in [0.1, 0.15) is 40.0 Å². The molecule has 82 valence electrons. The van der Waals surface area contributed by atoms with Crippen molar-refractivity contribution < 1.29 is 14.6 Å². The van der Waals surface area contributed by atoms with Gasteiger partial charge in [-0.3, -0.25) is 0 Å². The number of aliphatic hydroxyl groups is 1. The van der Waals surface area contributed by atoms with Crippen LogP contribution in [0.4, 0.5) is 4.79 Å². The van der Waals surface area contributed by atoms with Crippen LogP contribution in [0.15, 0.2) is 0 Å². The van der Waals surface area contributed by atoms with Gasteiger partial charge in [0.05, 0.1) is 6.10 Å². The summed E-state index contributed by atoms with van der Waals surface area (Å²) in [7, 11) is 0. The number of hydrogen-bond acceptors (Lipinski definition) is 3. The molecule has 4 heteroatoms. The molecule has 1 saturated carbocycles. The Labute approximate surface area is 84.4 Å². The van der Waals surface area contributed by atoms with E-state index >= 15 is 0 Å². The SMILES string of the molecule is CC(C)(C)C1(OC(N)=O)CCC(O)C1. The van der Waals surface area contributed by atoms with Crippen molar-refractivity contribution in [3.8, 4) is 0 Å². The van der Waals surface area contributed by atoms with Crippen LogP contribution in [0, 0.1) is 5.41 Å². The van der Waals surface area contributed by atoms with Crippen molar-refractivity contribution >= 4 is 6.09 Å². The summed E-state index contributed by atoms with van der Waals surface area (Å²) in [5.41, 5.74) is 4.26. The fourth-order valence-electron chi connectivity index (χ4n) is 2.10. The number of primary amides is 1. The van der Waals surface area contributed by atoms with Crippen molar-refractivity contribution in [1.29, 1.82) is 0 Å². The van der Waals surface area contributed by atoms with Gasteiger partial charge < -0.3 is 15.6 Å². The van der Waals surface area contributed by atoms with Gasteiger partial charge in [0.15, 0.2) is 0 Å². The van der Waals surface area contributed by atoms with Gasteiger partial charge in [0.25, 0.3) is 0 Å². The number of nitrogens with two attached hydrogens (primary N) is 1. The third kappa shape index (κ3) is 2.00. The predicted molar refractivity (Wildman–Crippen MR) is 52.7 cm³/mol. The summed E-state index contributed by atoms with van der Waals surface area (Å²) < 4.78 is 5.21. The monoisotopic (exact) mass is 201 g/mol. The normalized spacial score (nSPS) is 33.0. The van der Waals surface area contributed by atoms with Gasteiger partial charge in [-0.15, -0.1) is 0 Å². The Morgan fingerprint density at radius 1 is 1.57 bits per heavy atom. The zero-order valence-corrected chi connectivity index (χ0v) is 9.04. The van der Waals surface area contributed by atoms with E-state index in [0.29, 0.717) is 19.3 Å². The van der Waals surface area contributed by atoms with Crippen LogP contribution in [-0.4, -0.2) is 22.9 Å². The van der Waals surface area contributed by atoms with Crippen LogP contribution in [-0.2, 0) is 4.74 Å². The topological polar surface area (TPSA) is 72.5 Å². The minimum atomic E-state index is -0.756. The van der Waals surface area contributed by atoms with E-state index in [2.05, 4.69) is 0 Å². The molecule has 0 spiro atoms. The molecule has 1 fully saturated rings. The second-order valence-electron chi connectivity index (χ2n) is 5.06. The van der Waals surface area contributed by atoms with Crippen molar-refractivity contribution in [2.45, 2.75) is 51.7 Å². The zero-order valence-electron chi connectivity index (χ0n) is 9.04. The van der Waals surface area contributed by atoms with Crippen molar-refractivity contribution in [2.75, 3.05) is 0 Å². The summed E-state index contributed by atoms with van der Waals surface area (Å²) in [5.74, 6) is 0. The molecule has 3 N–H and O–H groups in total. The van der Waals surface area contributed by atoms with Crippen LogP contribution in [0.5, 0.6) is 0 Å². The number of carbonyl (C=O) groups excluding carboxylic acids is 1. The largest absolute Gasteiger partial charge is 0.442 e. The maximum Gasteiger partial charge on any atom is 0.405 e. The third-order valence-corrected chi connectivity index (χ3v) is 3.11. The summed E-state index contributed by atoms with van der Waals surface area (Å²) in [4.78, 5) is 10.8. The maximum atomic E-state index is 10.8. The molecule has 0 heterocycles. The van der Waals surface area contributed by atoms with Crippen LogP contribution in [0.3, 0.4) is 0 Å². The van der Waals surface area contributed by atoms with Crippen LogP contribution in [0.25, 0.3) is 0 Å². The lowest BCUT2D eigenvalue weighted by Crippen LogP contribution is -2.46. The summed E-state index contributed by atoms with van der Waals surface area (Å²) >= 11 is 0. The Balaban J connectivity index is 2.86. The number of carbonyl (C=O) groups is 1. The predicted octanol–water partition coefficient (Wildman–Crippen LogP) is 1.41. The van der Waals surface area contributed by atoms with E-state index in [0.717, 1.165) is 0 Å². The molecule has 0 saturated heterocycles. The highest BCUT2D eigenvalue weighted by Gasteiger charge is 2.50. The molecule has 0 radical (unpaired) electrons. The second kappa shape index (κ2) is 3.42. The molecular formula is C10H19NO3. The Bertz CT molecular complexity index is 234. The third-order valence-electron chi connectivity index (χ3n) is 3.11. The highest BCUT2D eigenvalue weighted by Crippen LogP contribution is 2.46. The number of aliphatic hydroxyl groups excluding tert-OH is 1. The van der Waals surface area contributed by atoms with Gasteiger partial charge in [-0.25, -0.2) is 4.79 Å². The first-order valence-corrected chi connectivity index (χ1v) is 4.93. The van der Waals surface area contributed by atoms with E-state index in [1.807, 2.05) is 20.8 Å². The van der Waals surface area contributed by atoms with E-state index in [1.165, 1.54) is 0 Å². The van der Waals surface area contributed by atoms with Crippen molar-refractivity contribution in [3.63, 3.8) is 0 Å². The van der Waals surface area contributed by atoms with E-state index in [-0.39, 0.29) is 11.5 Å². The Morgan fingerprint density at radius 2 is 2.14 bits per heavy atom. The summed E-state index contributed by atoms with van der Waals surface area (Å²) in [6, 6.07) is 0. The highest BCUT2D eigenvalue weighted by atomic mass is 16.6. The summed E-state index contributed by atoms with van der Waals surface area (Å²) in [5, 5.41) is 9.51. The first kappa shape index (κ1) is 11.3. The van der Waals surface area contributed by atoms with Gasteiger partial charge in [0.2, 0.25) is 0 Å². The zero-order chi connectivity index (χ0) is 11.0. The van der Waals surface area contributed by atoms with E-state index in [4.69, 9.17) is 10.5 Å². The van der Waals surface area contributed by atoms with Crippen LogP contribution >= 0.6 is 0 Å². The van der Waals surface area contributed by atoms with Gasteiger partial charge in [-0.2, -0.15) is 0 Å². The number of amides is 1. The Morgan fingerprint density at radius 3 is 2.43 bits per heavy atom. The van der Waals surface area contributed by atoms with Gasteiger partial charge in [-0.1, -0.05) is 20.8 Å². The first-order valence-electron chi connectivity index (χ1n) is 4.93. The van der Waals surface area contributed by atoms with Crippen molar-refractivity contribution in [3.05, 3.63) is 0 Å². The smallest absolute Gasteiger partial charge is 0.405 e. The lowest BCUT2D eigenvalue weighted by molar-refractivity contribution is -0.0663. The molecule has 0 aromatic carbocycles. The minimum absolute atomic E-state index is 0.195. The van der Waals surface area contributed by atoms with E-state index < -0.39 is 11.7 Å². The van der Waals surface area contributed by atoms with E-state index in [9.17, 15) is 9.90 Å². The van der Waals surface area contributed by atoms with Crippen LogP contribution < -0.4 is 5.73 Å². The van der Waals surface area contributed by atoms with Crippen LogP contribution in [0.2, 0.25) is 0 Å². The number of rotatable bonds is 1. The van der Waals surface area contributed by atoms with Crippen molar-refractivity contribution in [1.82, 2.24) is 0 Å². The highest BCUT2D eigenvalue weighted by molar-refractivity contribution is 5.65. The molecule has 0 bridgehead atoms. The maximum absolute atomic E-state index is 10.8. The second-order valence-corrected chi connectivity index (χ2v) is 5.06. The molecule has 2 unspecified atom stereocenters. The van der Waals surface area contributed by atoms with Gasteiger partial charge in [0.1, 0.15) is 5.60 Å². The average molecular weight is 201 g/mol. The minimum Gasteiger partial charge on any atom is -0.442 e. The lowest BCUT2D eigenvalue weighted by atomic mass is 9.75. The lowest BCUT2D eigenvalue weighted by Gasteiger charge is -2.40. The molecule has 0 aliphatic heterocycles. The molecule has 4 nitrogen and oxygen atoms in total. The average Bonchev–Trinajstić information content (AvgIpc) is 2.29. The van der Waals surface area contributed by atoms with Gasteiger partial charge in [-0.05, 0) is 12.8 Å². The molecule has 0 aromatic heterocycles. The number of ether oxygens (including phenoxy) is 1. The van der Waals surface area contributed by atoms with Crippen molar-refractivity contribution in [2.24, 2.45) is 11.1 Å². The molecule has 0 aromatic rings. The summed E-state index contributed by atoms with van der Waals surface area (Å²) in [6.45, 7) is 5.98. The van der Waals surface area contributed by atoms with Gasteiger partial charge in [0, 0.05) is 11.8 Å². The molecule has 1 aliphatic rings. The molecule has 2 atom stereocenters. The molecule has 1 rings (SSSR count). The standard InChI is InChI=1S/C10H19NO3/c1-9(2,3)10(14-8(11)13)5-4-7(12)6-10/h7,12H,4-6H2,1-3H3,(H2,11,13).